The van der Waals surface area contributed by atoms with Crippen molar-refractivity contribution >= 4 is 43.2 Å². The van der Waals surface area contributed by atoms with Crippen LogP contribution in [-0.2, 0) is 0 Å². The van der Waals surface area contributed by atoms with Crippen LogP contribution in [0.15, 0.2) is 33.2 Å². The summed E-state index contributed by atoms with van der Waals surface area (Å²) in [6.07, 6.45) is 0. The van der Waals surface area contributed by atoms with Gasteiger partial charge in [0.15, 0.2) is 0 Å². The van der Waals surface area contributed by atoms with Crippen LogP contribution in [0.1, 0.15) is 26.9 Å². The fraction of sp³-hybridized carbons (Fsp3) is 0.286. The topological polar surface area (TPSA) is 12.0 Å². The molecule has 0 saturated heterocycles. The van der Waals surface area contributed by atoms with E-state index < -0.39 is 0 Å². The van der Waals surface area contributed by atoms with Gasteiger partial charge in [0, 0.05) is 18.7 Å². The molecule has 1 unspecified atom stereocenters. The van der Waals surface area contributed by atoms with Crippen molar-refractivity contribution < 1.29 is 0 Å². The Bertz CT molecular complexity index is 523. The van der Waals surface area contributed by atoms with Crippen molar-refractivity contribution in [1.82, 2.24) is 5.32 Å². The average molecular weight is 389 g/mol. The van der Waals surface area contributed by atoms with Gasteiger partial charge in [0.25, 0.3) is 0 Å². The number of halogens is 2. The maximum absolute atomic E-state index is 3.59. The fourth-order valence-corrected chi connectivity index (χ4v) is 4.35. The van der Waals surface area contributed by atoms with Gasteiger partial charge < -0.3 is 5.32 Å². The summed E-state index contributed by atoms with van der Waals surface area (Å²) in [5, 5.41) is 3.40. The normalized spacial score (nSPS) is 12.7. The molecule has 1 nitrogen and oxygen atoms in total. The van der Waals surface area contributed by atoms with E-state index in [1.807, 2.05) is 18.4 Å². The molecule has 0 bridgehead atoms. The SMILES string of the molecule is CNC(c1cc(C)cc(Br)c1)c1cc(Br)c(C)s1. The van der Waals surface area contributed by atoms with E-state index in [1.165, 1.54) is 25.4 Å². The number of thiophene rings is 1. The van der Waals surface area contributed by atoms with E-state index in [-0.39, 0.29) is 6.04 Å². The summed E-state index contributed by atoms with van der Waals surface area (Å²) in [5.74, 6) is 0. The van der Waals surface area contributed by atoms with Crippen molar-refractivity contribution in [2.24, 2.45) is 0 Å². The van der Waals surface area contributed by atoms with Crippen molar-refractivity contribution in [3.63, 3.8) is 0 Å². The van der Waals surface area contributed by atoms with Crippen LogP contribution < -0.4 is 5.32 Å². The summed E-state index contributed by atoms with van der Waals surface area (Å²) < 4.78 is 2.32. The third-order valence-electron chi connectivity index (χ3n) is 2.85. The Morgan fingerprint density at radius 2 is 1.83 bits per heavy atom. The molecule has 1 heterocycles. The first kappa shape index (κ1) is 14.3. The van der Waals surface area contributed by atoms with Crippen molar-refractivity contribution in [3.05, 3.63) is 54.1 Å². The Hall–Kier alpha value is -0.160. The largest absolute Gasteiger partial charge is 0.309 e. The van der Waals surface area contributed by atoms with Crippen LogP contribution in [0, 0.1) is 13.8 Å². The van der Waals surface area contributed by atoms with Gasteiger partial charge in [-0.25, -0.2) is 0 Å². The zero-order valence-electron chi connectivity index (χ0n) is 10.6. The van der Waals surface area contributed by atoms with Gasteiger partial charge in [0.05, 0.1) is 6.04 Å². The molecular weight excluding hydrogens is 374 g/mol. The van der Waals surface area contributed by atoms with Crippen LogP contribution in [0.3, 0.4) is 0 Å². The molecule has 1 aromatic carbocycles. The minimum atomic E-state index is 0.246. The number of hydrogen-bond acceptors (Lipinski definition) is 2. The Morgan fingerprint density at radius 1 is 1.11 bits per heavy atom. The molecule has 0 radical (unpaired) electrons. The molecule has 0 fully saturated rings. The first-order valence-electron chi connectivity index (χ1n) is 5.71. The second-order valence-electron chi connectivity index (χ2n) is 4.34. The number of rotatable bonds is 3. The third kappa shape index (κ3) is 3.05. The van der Waals surface area contributed by atoms with Crippen LogP contribution in [-0.4, -0.2) is 7.05 Å². The predicted octanol–water partition coefficient (Wildman–Crippen LogP) is 5.20. The molecule has 0 aliphatic rings. The second-order valence-corrected chi connectivity index (χ2v) is 7.39. The monoisotopic (exact) mass is 387 g/mol. The van der Waals surface area contributed by atoms with E-state index in [0.717, 1.165) is 4.47 Å². The van der Waals surface area contributed by atoms with Crippen LogP contribution >= 0.6 is 43.2 Å². The number of benzene rings is 1. The Morgan fingerprint density at radius 3 is 2.33 bits per heavy atom. The molecular formula is C14H15Br2NS. The third-order valence-corrected chi connectivity index (χ3v) is 5.51. The molecule has 2 rings (SSSR count). The molecule has 0 aliphatic heterocycles. The van der Waals surface area contributed by atoms with Crippen molar-refractivity contribution in [2.45, 2.75) is 19.9 Å². The van der Waals surface area contributed by atoms with Crippen molar-refractivity contribution in [2.75, 3.05) is 7.05 Å². The summed E-state index contributed by atoms with van der Waals surface area (Å²) in [6.45, 7) is 4.26. The molecule has 2 aromatic rings. The predicted molar refractivity (Wildman–Crippen MR) is 86.5 cm³/mol. The zero-order chi connectivity index (χ0) is 13.3. The summed E-state index contributed by atoms with van der Waals surface area (Å²) in [4.78, 5) is 2.65. The van der Waals surface area contributed by atoms with Crippen LogP contribution in [0.4, 0.5) is 0 Å². The first-order chi connectivity index (χ1) is 8.51. The minimum absolute atomic E-state index is 0.246. The lowest BCUT2D eigenvalue weighted by Crippen LogP contribution is -2.16. The molecule has 0 amide bonds. The molecule has 1 atom stereocenters. The van der Waals surface area contributed by atoms with Gasteiger partial charge in [0.1, 0.15) is 0 Å². The summed E-state index contributed by atoms with van der Waals surface area (Å²) in [5.41, 5.74) is 2.56. The highest BCUT2D eigenvalue weighted by molar-refractivity contribution is 9.10. The maximum Gasteiger partial charge on any atom is 0.0669 e. The molecule has 1 aromatic heterocycles. The smallest absolute Gasteiger partial charge is 0.0669 e. The Labute approximate surface area is 129 Å². The van der Waals surface area contributed by atoms with E-state index in [9.17, 15) is 0 Å². The van der Waals surface area contributed by atoms with Gasteiger partial charge in [-0.05, 0) is 66.2 Å². The second kappa shape index (κ2) is 5.87. The van der Waals surface area contributed by atoms with Gasteiger partial charge in [0.2, 0.25) is 0 Å². The molecule has 0 aliphatic carbocycles. The van der Waals surface area contributed by atoms with E-state index in [1.54, 1.807) is 0 Å². The number of nitrogens with one attached hydrogen (secondary N) is 1. The first-order valence-corrected chi connectivity index (χ1v) is 8.11. The van der Waals surface area contributed by atoms with Crippen LogP contribution in [0.5, 0.6) is 0 Å². The fourth-order valence-electron chi connectivity index (χ4n) is 2.03. The molecule has 18 heavy (non-hydrogen) atoms. The average Bonchev–Trinajstić information content (AvgIpc) is 2.58. The van der Waals surface area contributed by atoms with Crippen LogP contribution in [0.2, 0.25) is 0 Å². The Kier molecular flexibility index (Phi) is 4.64. The van der Waals surface area contributed by atoms with Gasteiger partial charge in [-0.15, -0.1) is 11.3 Å². The Balaban J connectivity index is 2.44. The standard InChI is InChI=1S/C14H15Br2NS/c1-8-4-10(6-11(15)5-8)14(17-3)13-7-12(16)9(2)18-13/h4-7,14,17H,1-3H3. The van der Waals surface area contributed by atoms with Gasteiger partial charge >= 0.3 is 0 Å². The van der Waals surface area contributed by atoms with E-state index in [0.29, 0.717) is 0 Å². The van der Waals surface area contributed by atoms with Gasteiger partial charge in [-0.2, -0.15) is 0 Å². The molecule has 4 heteroatoms. The maximum atomic E-state index is 3.59. The van der Waals surface area contributed by atoms with E-state index in [4.69, 9.17) is 0 Å². The number of aryl methyl sites for hydroxylation is 2. The zero-order valence-corrected chi connectivity index (χ0v) is 14.5. The minimum Gasteiger partial charge on any atom is -0.309 e. The molecule has 0 spiro atoms. The lowest BCUT2D eigenvalue weighted by atomic mass is 10.0. The van der Waals surface area contributed by atoms with Gasteiger partial charge in [-0.3, -0.25) is 0 Å². The molecule has 0 saturated carbocycles. The van der Waals surface area contributed by atoms with Gasteiger partial charge in [-0.1, -0.05) is 22.0 Å². The van der Waals surface area contributed by atoms with Crippen molar-refractivity contribution in [1.29, 1.82) is 0 Å². The van der Waals surface area contributed by atoms with E-state index in [2.05, 4.69) is 75.3 Å². The highest BCUT2D eigenvalue weighted by atomic mass is 79.9. The highest BCUT2D eigenvalue weighted by Gasteiger charge is 2.16. The van der Waals surface area contributed by atoms with E-state index >= 15 is 0 Å². The van der Waals surface area contributed by atoms with Crippen LogP contribution in [0.25, 0.3) is 0 Å². The lowest BCUT2D eigenvalue weighted by Gasteiger charge is -2.16. The quantitative estimate of drug-likeness (QED) is 0.761. The summed E-state index contributed by atoms with van der Waals surface area (Å²) in [7, 11) is 2.00. The summed E-state index contributed by atoms with van der Waals surface area (Å²) in [6, 6.07) is 8.99. The highest BCUT2D eigenvalue weighted by Crippen LogP contribution is 2.34. The number of hydrogen-bond donors (Lipinski definition) is 1. The van der Waals surface area contributed by atoms with Crippen molar-refractivity contribution in [3.8, 4) is 0 Å². The molecule has 1 N–H and O–H groups in total. The lowest BCUT2D eigenvalue weighted by molar-refractivity contribution is 0.702. The summed E-state index contributed by atoms with van der Waals surface area (Å²) >= 11 is 8.99. The molecule has 96 valence electrons.